The van der Waals surface area contributed by atoms with Crippen LogP contribution in [0.4, 0.5) is 5.13 Å². The molecular formula is C16H14N4O3S2. The Bertz CT molecular complexity index is 984. The Morgan fingerprint density at radius 1 is 1.00 bits per heavy atom. The van der Waals surface area contributed by atoms with Crippen LogP contribution >= 0.6 is 11.3 Å². The van der Waals surface area contributed by atoms with Crippen molar-refractivity contribution in [1.82, 2.24) is 14.9 Å². The Morgan fingerprint density at radius 2 is 1.68 bits per heavy atom. The van der Waals surface area contributed by atoms with E-state index in [1.165, 1.54) is 42.6 Å². The van der Waals surface area contributed by atoms with Gasteiger partial charge in [0.1, 0.15) is 5.01 Å². The van der Waals surface area contributed by atoms with Gasteiger partial charge >= 0.3 is 0 Å². The lowest BCUT2D eigenvalue weighted by molar-refractivity contribution is 0.102. The second kappa shape index (κ2) is 7.09. The lowest BCUT2D eigenvalue weighted by Gasteiger charge is -2.04. The monoisotopic (exact) mass is 374 g/mol. The fourth-order valence-corrected chi connectivity index (χ4v) is 3.52. The van der Waals surface area contributed by atoms with E-state index in [1.807, 2.05) is 30.3 Å². The van der Waals surface area contributed by atoms with Gasteiger partial charge in [0.05, 0.1) is 4.90 Å². The zero-order valence-corrected chi connectivity index (χ0v) is 14.8. The number of aromatic nitrogens is 2. The first kappa shape index (κ1) is 17.2. The Morgan fingerprint density at radius 3 is 2.32 bits per heavy atom. The highest BCUT2D eigenvalue weighted by Gasteiger charge is 2.14. The van der Waals surface area contributed by atoms with Crippen molar-refractivity contribution in [3.05, 3.63) is 60.2 Å². The van der Waals surface area contributed by atoms with Crippen molar-refractivity contribution in [1.29, 1.82) is 0 Å². The van der Waals surface area contributed by atoms with Crippen molar-refractivity contribution in [2.45, 2.75) is 4.90 Å². The van der Waals surface area contributed by atoms with Crippen LogP contribution < -0.4 is 10.0 Å². The summed E-state index contributed by atoms with van der Waals surface area (Å²) in [6.07, 6.45) is 0. The van der Waals surface area contributed by atoms with E-state index in [0.29, 0.717) is 15.7 Å². The molecule has 1 amide bonds. The molecular weight excluding hydrogens is 360 g/mol. The minimum absolute atomic E-state index is 0.0915. The number of nitrogens with zero attached hydrogens (tertiary/aromatic N) is 2. The molecule has 3 aromatic rings. The number of rotatable bonds is 5. The van der Waals surface area contributed by atoms with E-state index >= 15 is 0 Å². The van der Waals surface area contributed by atoms with Gasteiger partial charge in [-0.3, -0.25) is 10.1 Å². The molecule has 0 atom stereocenters. The first-order valence-corrected chi connectivity index (χ1v) is 9.53. The highest BCUT2D eigenvalue weighted by molar-refractivity contribution is 7.89. The van der Waals surface area contributed by atoms with E-state index in [2.05, 4.69) is 20.2 Å². The van der Waals surface area contributed by atoms with Crippen LogP contribution in [0.2, 0.25) is 0 Å². The third kappa shape index (κ3) is 3.90. The highest BCUT2D eigenvalue weighted by Crippen LogP contribution is 2.26. The van der Waals surface area contributed by atoms with Crippen LogP contribution in [-0.4, -0.2) is 31.6 Å². The van der Waals surface area contributed by atoms with Gasteiger partial charge in [-0.05, 0) is 31.3 Å². The molecule has 0 fully saturated rings. The van der Waals surface area contributed by atoms with Crippen molar-refractivity contribution in [3.63, 3.8) is 0 Å². The molecule has 0 saturated carbocycles. The Labute approximate surface area is 148 Å². The summed E-state index contributed by atoms with van der Waals surface area (Å²) < 4.78 is 25.6. The number of hydrogen-bond acceptors (Lipinski definition) is 6. The molecule has 2 aromatic carbocycles. The topological polar surface area (TPSA) is 101 Å². The van der Waals surface area contributed by atoms with E-state index in [0.717, 1.165) is 5.56 Å². The number of amides is 1. The molecule has 0 saturated heterocycles. The summed E-state index contributed by atoms with van der Waals surface area (Å²) in [5.74, 6) is -0.385. The summed E-state index contributed by atoms with van der Waals surface area (Å²) in [6, 6.07) is 15.2. The van der Waals surface area contributed by atoms with Crippen molar-refractivity contribution in [3.8, 4) is 10.6 Å². The molecule has 1 aromatic heterocycles. The standard InChI is InChI=1S/C16H14N4O3S2/c1-17-25(22,23)13-9-7-11(8-10-13)14(21)18-16-20-19-15(24-16)12-5-3-2-4-6-12/h2-10,17H,1H3,(H,18,20,21). The quantitative estimate of drug-likeness (QED) is 0.714. The maximum Gasteiger partial charge on any atom is 0.257 e. The number of anilines is 1. The number of sulfonamides is 1. The Hall–Kier alpha value is -2.62. The van der Waals surface area contributed by atoms with Crippen LogP contribution in [0.1, 0.15) is 10.4 Å². The number of carbonyl (C=O) groups is 1. The minimum atomic E-state index is -3.53. The van der Waals surface area contributed by atoms with Crippen molar-refractivity contribution >= 4 is 32.4 Å². The lowest BCUT2D eigenvalue weighted by Crippen LogP contribution is -2.19. The number of carbonyl (C=O) groups excluding carboxylic acids is 1. The summed E-state index contributed by atoms with van der Waals surface area (Å²) in [4.78, 5) is 12.3. The average molecular weight is 374 g/mol. The van der Waals surface area contributed by atoms with Gasteiger partial charge in [0.2, 0.25) is 15.2 Å². The predicted molar refractivity (Wildman–Crippen MR) is 96.0 cm³/mol. The smallest absolute Gasteiger partial charge is 0.257 e. The number of hydrogen-bond donors (Lipinski definition) is 2. The molecule has 9 heteroatoms. The van der Waals surface area contributed by atoms with Gasteiger partial charge in [-0.25, -0.2) is 13.1 Å². The summed E-state index contributed by atoms with van der Waals surface area (Å²) in [5.41, 5.74) is 1.24. The third-order valence-electron chi connectivity index (χ3n) is 3.36. The third-order valence-corrected chi connectivity index (χ3v) is 5.68. The van der Waals surface area contributed by atoms with Crippen LogP contribution in [0, 0.1) is 0 Å². The van der Waals surface area contributed by atoms with E-state index in [4.69, 9.17) is 0 Å². The second-order valence-corrected chi connectivity index (χ2v) is 7.83. The summed E-state index contributed by atoms with van der Waals surface area (Å²) in [5, 5.41) is 11.7. The van der Waals surface area contributed by atoms with E-state index in [1.54, 1.807) is 0 Å². The molecule has 0 aliphatic rings. The van der Waals surface area contributed by atoms with Gasteiger partial charge in [0.15, 0.2) is 0 Å². The largest absolute Gasteiger partial charge is 0.296 e. The molecule has 3 rings (SSSR count). The second-order valence-electron chi connectivity index (χ2n) is 4.96. The molecule has 0 spiro atoms. The summed E-state index contributed by atoms with van der Waals surface area (Å²) >= 11 is 1.26. The molecule has 0 unspecified atom stereocenters. The average Bonchev–Trinajstić information content (AvgIpc) is 3.11. The van der Waals surface area contributed by atoms with E-state index in [-0.39, 0.29) is 10.8 Å². The normalized spacial score (nSPS) is 11.2. The minimum Gasteiger partial charge on any atom is -0.296 e. The van der Waals surface area contributed by atoms with Gasteiger partial charge in [-0.1, -0.05) is 41.7 Å². The van der Waals surface area contributed by atoms with Gasteiger partial charge in [-0.15, -0.1) is 10.2 Å². The number of nitrogens with one attached hydrogen (secondary N) is 2. The Kier molecular flexibility index (Phi) is 4.88. The van der Waals surface area contributed by atoms with E-state index in [9.17, 15) is 13.2 Å². The van der Waals surface area contributed by atoms with Crippen molar-refractivity contribution in [2.75, 3.05) is 12.4 Å². The first-order valence-electron chi connectivity index (χ1n) is 7.23. The van der Waals surface area contributed by atoms with Crippen molar-refractivity contribution in [2.24, 2.45) is 0 Å². The van der Waals surface area contributed by atoms with Gasteiger partial charge < -0.3 is 0 Å². The van der Waals surface area contributed by atoms with Crippen LogP contribution in [0.15, 0.2) is 59.5 Å². The molecule has 0 bridgehead atoms. The summed E-state index contributed by atoms with van der Waals surface area (Å²) in [6.45, 7) is 0. The fourth-order valence-electron chi connectivity index (χ4n) is 2.04. The highest BCUT2D eigenvalue weighted by atomic mass is 32.2. The van der Waals surface area contributed by atoms with Crippen molar-refractivity contribution < 1.29 is 13.2 Å². The van der Waals surface area contributed by atoms with Crippen LogP contribution in [0.5, 0.6) is 0 Å². The molecule has 0 aliphatic heterocycles. The van der Waals surface area contributed by atoms with Gasteiger partial charge in [0.25, 0.3) is 5.91 Å². The molecule has 0 radical (unpaired) electrons. The molecule has 128 valence electrons. The molecule has 7 nitrogen and oxygen atoms in total. The molecule has 1 heterocycles. The van der Waals surface area contributed by atoms with Gasteiger partial charge in [-0.2, -0.15) is 0 Å². The van der Waals surface area contributed by atoms with Gasteiger partial charge in [0, 0.05) is 11.1 Å². The Balaban J connectivity index is 1.74. The predicted octanol–water partition coefficient (Wildman–Crippen LogP) is 2.37. The fraction of sp³-hybridized carbons (Fsp3) is 0.0625. The SMILES string of the molecule is CNS(=O)(=O)c1ccc(C(=O)Nc2nnc(-c3ccccc3)s2)cc1. The summed E-state index contributed by atoms with van der Waals surface area (Å²) in [7, 11) is -2.20. The number of benzene rings is 2. The van der Waals surface area contributed by atoms with E-state index < -0.39 is 10.0 Å². The maximum atomic E-state index is 12.3. The van der Waals surface area contributed by atoms with Crippen LogP contribution in [0.3, 0.4) is 0 Å². The molecule has 2 N–H and O–H groups in total. The zero-order chi connectivity index (χ0) is 17.9. The molecule has 0 aliphatic carbocycles. The lowest BCUT2D eigenvalue weighted by atomic mass is 10.2. The first-order chi connectivity index (χ1) is 12.0. The van der Waals surface area contributed by atoms with Crippen LogP contribution in [-0.2, 0) is 10.0 Å². The maximum absolute atomic E-state index is 12.3. The van der Waals surface area contributed by atoms with Crippen LogP contribution in [0.25, 0.3) is 10.6 Å². The molecule has 25 heavy (non-hydrogen) atoms. The zero-order valence-electron chi connectivity index (χ0n) is 13.1.